The van der Waals surface area contributed by atoms with Gasteiger partial charge in [-0.1, -0.05) is 12.1 Å². The molecule has 0 bridgehead atoms. The molecule has 0 aliphatic carbocycles. The van der Waals surface area contributed by atoms with E-state index in [1.54, 1.807) is 32.0 Å². The average Bonchev–Trinajstić information content (AvgIpc) is 3.20. The number of hydrogen-bond acceptors (Lipinski definition) is 9. The number of para-hydroxylation sites is 2. The van der Waals surface area contributed by atoms with Gasteiger partial charge in [0.25, 0.3) is 0 Å². The smallest absolute Gasteiger partial charge is 0.338 e. The summed E-state index contributed by atoms with van der Waals surface area (Å²) in [7, 11) is 0. The van der Waals surface area contributed by atoms with E-state index in [1.807, 2.05) is 6.07 Å². The molecule has 2 heterocycles. The number of nitrogens with zero attached hydrogens (tertiary/aromatic N) is 2. The maximum absolute atomic E-state index is 12.5. The van der Waals surface area contributed by atoms with Crippen LogP contribution in [0.3, 0.4) is 0 Å². The van der Waals surface area contributed by atoms with Crippen LogP contribution >= 0.6 is 0 Å². The Balaban J connectivity index is 1.90. The highest BCUT2D eigenvalue weighted by molar-refractivity contribution is 5.92. The van der Waals surface area contributed by atoms with Crippen LogP contribution in [0, 0.1) is 21.4 Å². The highest BCUT2D eigenvalue weighted by Gasteiger charge is 2.38. The molecule has 0 fully saturated rings. The molecule has 1 unspecified atom stereocenters. The largest absolute Gasteiger partial charge is 0.479 e. The van der Waals surface area contributed by atoms with Gasteiger partial charge in [0.1, 0.15) is 35.5 Å². The lowest BCUT2D eigenvalue weighted by Gasteiger charge is -2.25. The van der Waals surface area contributed by atoms with Crippen LogP contribution in [0.4, 0.5) is 5.69 Å². The van der Waals surface area contributed by atoms with E-state index in [0.29, 0.717) is 5.76 Å². The van der Waals surface area contributed by atoms with Crippen molar-refractivity contribution in [3.8, 4) is 11.8 Å². The number of allylic oxidation sites excluding steroid dienone is 2. The van der Waals surface area contributed by atoms with Crippen LogP contribution in [-0.2, 0) is 20.9 Å². The van der Waals surface area contributed by atoms with Gasteiger partial charge in [-0.3, -0.25) is 10.1 Å². The van der Waals surface area contributed by atoms with Crippen LogP contribution < -0.4 is 10.5 Å². The number of nitriles is 1. The summed E-state index contributed by atoms with van der Waals surface area (Å²) in [5.41, 5.74) is 5.79. The molecule has 10 heteroatoms. The Morgan fingerprint density at radius 2 is 2.06 bits per heavy atom. The predicted molar refractivity (Wildman–Crippen MR) is 106 cm³/mol. The minimum absolute atomic E-state index is 0.00849. The number of hydrogen-bond donors (Lipinski definition) is 1. The number of nitrogens with two attached hydrogens (primary N) is 1. The van der Waals surface area contributed by atoms with Gasteiger partial charge >= 0.3 is 11.7 Å². The van der Waals surface area contributed by atoms with Gasteiger partial charge in [0.05, 0.1) is 23.0 Å². The van der Waals surface area contributed by atoms with Crippen molar-refractivity contribution in [1.82, 2.24) is 0 Å². The molecule has 0 radical (unpaired) electrons. The number of nitro benzene ring substituents is 1. The number of esters is 1. The van der Waals surface area contributed by atoms with Crippen molar-refractivity contribution >= 4 is 11.7 Å². The molecular formula is C21H19N3O7. The number of ether oxygens (including phenoxy) is 3. The van der Waals surface area contributed by atoms with Gasteiger partial charge in [-0.15, -0.1) is 0 Å². The first-order valence-corrected chi connectivity index (χ1v) is 9.27. The minimum atomic E-state index is -0.919. The predicted octanol–water partition coefficient (Wildman–Crippen LogP) is 3.41. The van der Waals surface area contributed by atoms with E-state index in [2.05, 4.69) is 0 Å². The van der Waals surface area contributed by atoms with Crippen LogP contribution in [0.15, 0.2) is 63.6 Å². The number of carbonyl (C=O) groups is 1. The molecule has 1 atom stereocenters. The molecule has 3 rings (SSSR count). The summed E-state index contributed by atoms with van der Waals surface area (Å²) in [5.74, 6) is -0.831. The van der Waals surface area contributed by atoms with Crippen molar-refractivity contribution < 1.29 is 28.3 Å². The molecule has 160 valence electrons. The fourth-order valence-corrected chi connectivity index (χ4v) is 3.15. The second-order valence-corrected chi connectivity index (χ2v) is 6.43. The molecule has 1 aromatic carbocycles. The Kier molecular flexibility index (Phi) is 6.26. The lowest BCUT2D eigenvalue weighted by molar-refractivity contribution is -0.386. The molecule has 2 N–H and O–H groups in total. The molecule has 0 spiro atoms. The third kappa shape index (κ3) is 4.35. The first-order valence-electron chi connectivity index (χ1n) is 9.27. The maximum Gasteiger partial charge on any atom is 0.338 e. The van der Waals surface area contributed by atoms with Crippen LogP contribution in [-0.4, -0.2) is 17.5 Å². The lowest BCUT2D eigenvalue weighted by Crippen LogP contribution is -2.25. The van der Waals surface area contributed by atoms with Gasteiger partial charge in [0.15, 0.2) is 5.75 Å². The number of nitro groups is 1. The first-order chi connectivity index (χ1) is 14.9. The fraction of sp³-hybridized carbons (Fsp3) is 0.238. The van der Waals surface area contributed by atoms with Gasteiger partial charge in [-0.2, -0.15) is 5.26 Å². The monoisotopic (exact) mass is 425 g/mol. The molecule has 1 aliphatic rings. The SMILES string of the molecule is CCOC(=O)C1=C(C)OC(N)=C(C#N)C1c1ccc(COc2ccccc2[N+](=O)[O-])o1. The highest BCUT2D eigenvalue weighted by atomic mass is 16.6. The van der Waals surface area contributed by atoms with E-state index >= 15 is 0 Å². The second kappa shape index (κ2) is 9.04. The molecule has 10 nitrogen and oxygen atoms in total. The van der Waals surface area contributed by atoms with Gasteiger partial charge in [0.2, 0.25) is 5.88 Å². The highest BCUT2D eigenvalue weighted by Crippen LogP contribution is 2.40. The van der Waals surface area contributed by atoms with Gasteiger partial charge in [-0.05, 0) is 32.0 Å². The Morgan fingerprint density at radius 1 is 1.32 bits per heavy atom. The summed E-state index contributed by atoms with van der Waals surface area (Å²) < 4.78 is 21.8. The zero-order valence-electron chi connectivity index (χ0n) is 16.8. The van der Waals surface area contributed by atoms with Gasteiger partial charge < -0.3 is 24.4 Å². The topological polar surface area (TPSA) is 151 Å². The van der Waals surface area contributed by atoms with Crippen molar-refractivity contribution in [1.29, 1.82) is 5.26 Å². The van der Waals surface area contributed by atoms with Gasteiger partial charge in [0, 0.05) is 6.07 Å². The molecule has 2 aromatic rings. The van der Waals surface area contributed by atoms with E-state index in [4.69, 9.17) is 24.4 Å². The van der Waals surface area contributed by atoms with E-state index in [1.165, 1.54) is 18.2 Å². The molecule has 1 aromatic heterocycles. The fourth-order valence-electron chi connectivity index (χ4n) is 3.15. The maximum atomic E-state index is 12.5. The van der Waals surface area contributed by atoms with Crippen LogP contribution in [0.1, 0.15) is 31.3 Å². The Labute approximate surface area is 177 Å². The number of carbonyl (C=O) groups excluding carboxylic acids is 1. The number of benzene rings is 1. The zero-order chi connectivity index (χ0) is 22.5. The van der Waals surface area contributed by atoms with Crippen molar-refractivity contribution in [2.75, 3.05) is 6.61 Å². The Bertz CT molecular complexity index is 1120. The summed E-state index contributed by atoms with van der Waals surface area (Å²) >= 11 is 0. The molecule has 0 saturated heterocycles. The second-order valence-electron chi connectivity index (χ2n) is 6.43. The first kappa shape index (κ1) is 21.4. The lowest BCUT2D eigenvalue weighted by atomic mass is 9.87. The molecular weight excluding hydrogens is 406 g/mol. The van der Waals surface area contributed by atoms with E-state index < -0.39 is 16.8 Å². The summed E-state index contributed by atoms with van der Waals surface area (Å²) in [6.45, 7) is 3.23. The molecule has 1 aliphatic heterocycles. The standard InChI is InChI=1S/C21H19N3O7/c1-3-28-21(25)18-12(2)30-20(23)14(10-22)19(18)17-9-8-13(31-17)11-29-16-7-5-4-6-15(16)24(26)27/h4-9,19H,3,11,23H2,1-2H3. The summed E-state index contributed by atoms with van der Waals surface area (Å²) in [6, 6.07) is 11.1. The third-order valence-electron chi connectivity index (χ3n) is 4.50. The quantitative estimate of drug-likeness (QED) is 0.399. The van der Waals surface area contributed by atoms with E-state index in [-0.39, 0.29) is 53.2 Å². The normalized spacial score (nSPS) is 15.8. The minimum Gasteiger partial charge on any atom is -0.479 e. The average molecular weight is 425 g/mol. The zero-order valence-corrected chi connectivity index (χ0v) is 16.8. The van der Waals surface area contributed by atoms with Crippen molar-refractivity contribution in [3.63, 3.8) is 0 Å². The Hall–Kier alpha value is -4.26. The molecule has 31 heavy (non-hydrogen) atoms. The van der Waals surface area contributed by atoms with Crippen molar-refractivity contribution in [3.05, 3.63) is 80.8 Å². The third-order valence-corrected chi connectivity index (χ3v) is 4.50. The van der Waals surface area contributed by atoms with Crippen molar-refractivity contribution in [2.45, 2.75) is 26.4 Å². The number of furan rings is 1. The van der Waals surface area contributed by atoms with E-state index in [0.717, 1.165) is 0 Å². The molecule has 0 saturated carbocycles. The summed E-state index contributed by atoms with van der Waals surface area (Å²) in [5, 5.41) is 20.7. The Morgan fingerprint density at radius 3 is 2.74 bits per heavy atom. The van der Waals surface area contributed by atoms with Crippen molar-refractivity contribution in [2.24, 2.45) is 5.73 Å². The van der Waals surface area contributed by atoms with Gasteiger partial charge in [-0.25, -0.2) is 4.79 Å². The number of rotatable bonds is 7. The summed E-state index contributed by atoms with van der Waals surface area (Å²) in [4.78, 5) is 23.1. The van der Waals surface area contributed by atoms with Crippen LogP contribution in [0.25, 0.3) is 0 Å². The van der Waals surface area contributed by atoms with E-state index in [9.17, 15) is 20.2 Å². The van der Waals surface area contributed by atoms with Crippen LogP contribution in [0.2, 0.25) is 0 Å². The summed E-state index contributed by atoms with van der Waals surface area (Å²) in [6.07, 6.45) is 0. The molecule has 0 amide bonds. The van der Waals surface area contributed by atoms with Crippen LogP contribution in [0.5, 0.6) is 5.75 Å².